The summed E-state index contributed by atoms with van der Waals surface area (Å²) in [4.78, 5) is 15.5. The van der Waals surface area contributed by atoms with Crippen molar-refractivity contribution in [3.8, 4) is 17.0 Å². The number of hydrogen-bond acceptors (Lipinski definition) is 3. The number of carbonyl (C=O) groups is 1. The molecule has 2 heterocycles. The van der Waals surface area contributed by atoms with Crippen molar-refractivity contribution < 1.29 is 14.6 Å². The maximum absolute atomic E-state index is 11.3. The van der Waals surface area contributed by atoms with E-state index in [1.54, 1.807) is 6.07 Å². The summed E-state index contributed by atoms with van der Waals surface area (Å²) < 4.78 is 8.51. The van der Waals surface area contributed by atoms with E-state index in [0.29, 0.717) is 12.3 Å². The Morgan fingerprint density at radius 1 is 1.12 bits per heavy atom. The Labute approximate surface area is 194 Å². The van der Waals surface area contributed by atoms with E-state index in [9.17, 15) is 9.90 Å². The number of hydrogen-bond donors (Lipinski definition) is 1. The van der Waals surface area contributed by atoms with Crippen molar-refractivity contribution in [3.05, 3.63) is 95.8 Å². The summed E-state index contributed by atoms with van der Waals surface area (Å²) in [6, 6.07) is 19.2. The average Bonchev–Trinajstić information content (AvgIpc) is 3.21. The quantitative estimate of drug-likeness (QED) is 0.301. The highest BCUT2D eigenvalue weighted by molar-refractivity contribution is 5.86. The van der Waals surface area contributed by atoms with Crippen LogP contribution in [0, 0.1) is 0 Å². The lowest BCUT2D eigenvalue weighted by Gasteiger charge is -2.14. The molecule has 168 valence electrons. The number of aromatic nitrogens is 2. The van der Waals surface area contributed by atoms with Gasteiger partial charge < -0.3 is 14.4 Å². The highest BCUT2D eigenvalue weighted by Gasteiger charge is 2.13. The molecule has 0 aliphatic heterocycles. The predicted molar refractivity (Wildman–Crippen MR) is 132 cm³/mol. The maximum Gasteiger partial charge on any atom is 0.354 e. The van der Waals surface area contributed by atoms with Gasteiger partial charge in [0, 0.05) is 34.8 Å². The standard InChI is InChI=1S/C28H28N2O3/c1-4-7-23-22-14-15-30(17-19(2)3)26(22)12-13-27(23)33-18-20-8-5-9-21(16-20)24-10-6-11-25(29-24)28(31)32/h5-6,8-16H,2,4,7,17-18H2,1,3H3,(H,31,32). The second-order valence-electron chi connectivity index (χ2n) is 8.33. The van der Waals surface area contributed by atoms with E-state index >= 15 is 0 Å². The molecule has 1 N–H and O–H groups in total. The van der Waals surface area contributed by atoms with E-state index in [1.165, 1.54) is 22.5 Å². The maximum atomic E-state index is 11.3. The third kappa shape index (κ3) is 4.98. The van der Waals surface area contributed by atoms with Crippen molar-refractivity contribution in [1.29, 1.82) is 0 Å². The van der Waals surface area contributed by atoms with E-state index in [1.807, 2.05) is 37.3 Å². The number of benzene rings is 2. The van der Waals surface area contributed by atoms with E-state index in [0.717, 1.165) is 41.8 Å². The van der Waals surface area contributed by atoms with Crippen molar-refractivity contribution in [3.63, 3.8) is 0 Å². The van der Waals surface area contributed by atoms with Crippen LogP contribution >= 0.6 is 0 Å². The van der Waals surface area contributed by atoms with E-state index < -0.39 is 5.97 Å². The Hall–Kier alpha value is -3.86. The van der Waals surface area contributed by atoms with Crippen LogP contribution in [-0.2, 0) is 19.6 Å². The molecule has 4 aromatic rings. The monoisotopic (exact) mass is 440 g/mol. The van der Waals surface area contributed by atoms with Gasteiger partial charge in [0.2, 0.25) is 0 Å². The van der Waals surface area contributed by atoms with Gasteiger partial charge in [0.05, 0.1) is 5.69 Å². The molecule has 0 radical (unpaired) electrons. The fourth-order valence-corrected chi connectivity index (χ4v) is 4.08. The molecule has 0 fully saturated rings. The lowest BCUT2D eigenvalue weighted by atomic mass is 10.0. The largest absolute Gasteiger partial charge is 0.489 e. The first-order valence-electron chi connectivity index (χ1n) is 11.1. The SMILES string of the molecule is C=C(C)Cn1ccc2c(CCC)c(OCc3cccc(-c4cccc(C(=O)O)n4)c3)ccc21. The van der Waals surface area contributed by atoms with Gasteiger partial charge in [0.15, 0.2) is 0 Å². The van der Waals surface area contributed by atoms with Gasteiger partial charge in [-0.05, 0) is 55.3 Å². The van der Waals surface area contributed by atoms with Crippen LogP contribution in [0.2, 0.25) is 0 Å². The number of carboxylic acid groups (broad SMARTS) is 1. The number of aromatic carboxylic acids is 1. The van der Waals surface area contributed by atoms with Crippen LogP contribution < -0.4 is 4.74 Å². The number of carboxylic acids is 1. The number of aryl methyl sites for hydroxylation is 1. The molecule has 0 atom stereocenters. The summed E-state index contributed by atoms with van der Waals surface area (Å²) in [6.45, 7) is 9.48. The smallest absolute Gasteiger partial charge is 0.354 e. The number of nitrogens with zero attached hydrogens (tertiary/aromatic N) is 2. The molecule has 0 bridgehead atoms. The van der Waals surface area contributed by atoms with Crippen molar-refractivity contribution in [2.75, 3.05) is 0 Å². The number of ether oxygens (including phenoxy) is 1. The third-order valence-electron chi connectivity index (χ3n) is 5.55. The van der Waals surface area contributed by atoms with Gasteiger partial charge in [0.25, 0.3) is 0 Å². The summed E-state index contributed by atoms with van der Waals surface area (Å²) in [6.07, 6.45) is 4.09. The summed E-state index contributed by atoms with van der Waals surface area (Å²) in [5.41, 5.74) is 6.06. The van der Waals surface area contributed by atoms with Crippen LogP contribution in [0.5, 0.6) is 5.75 Å². The van der Waals surface area contributed by atoms with Crippen molar-refractivity contribution >= 4 is 16.9 Å². The molecule has 5 nitrogen and oxygen atoms in total. The van der Waals surface area contributed by atoms with Crippen LogP contribution in [0.4, 0.5) is 0 Å². The molecule has 0 unspecified atom stereocenters. The summed E-state index contributed by atoms with van der Waals surface area (Å²) in [5.74, 6) is -0.138. The van der Waals surface area contributed by atoms with Gasteiger partial charge in [-0.1, -0.05) is 49.8 Å². The molecule has 0 saturated carbocycles. The molecule has 5 heteroatoms. The highest BCUT2D eigenvalue weighted by Crippen LogP contribution is 2.31. The minimum atomic E-state index is -1.03. The van der Waals surface area contributed by atoms with E-state index in [4.69, 9.17) is 4.74 Å². The van der Waals surface area contributed by atoms with Crippen LogP contribution in [0.25, 0.3) is 22.2 Å². The Bertz CT molecular complexity index is 1320. The first-order valence-corrected chi connectivity index (χ1v) is 11.1. The molecule has 4 rings (SSSR count). The Morgan fingerprint density at radius 3 is 2.70 bits per heavy atom. The fraction of sp³-hybridized carbons (Fsp3) is 0.214. The normalized spacial score (nSPS) is 11.0. The zero-order chi connectivity index (χ0) is 23.4. The third-order valence-corrected chi connectivity index (χ3v) is 5.55. The summed E-state index contributed by atoms with van der Waals surface area (Å²) in [5, 5.41) is 10.4. The molecule has 0 spiro atoms. The summed E-state index contributed by atoms with van der Waals surface area (Å²) in [7, 11) is 0. The van der Waals surface area contributed by atoms with Crippen LogP contribution in [0.15, 0.2) is 79.0 Å². The molecule has 0 saturated heterocycles. The van der Waals surface area contributed by atoms with Crippen LogP contribution in [0.3, 0.4) is 0 Å². The van der Waals surface area contributed by atoms with Gasteiger partial charge in [-0.25, -0.2) is 9.78 Å². The lowest BCUT2D eigenvalue weighted by molar-refractivity contribution is 0.0690. The number of pyridine rings is 1. The van der Waals surface area contributed by atoms with Gasteiger partial charge in [0.1, 0.15) is 18.1 Å². The molecular formula is C28H28N2O3. The lowest BCUT2D eigenvalue weighted by Crippen LogP contribution is -2.02. The average molecular weight is 441 g/mol. The second-order valence-corrected chi connectivity index (χ2v) is 8.33. The first kappa shape index (κ1) is 22.3. The van der Waals surface area contributed by atoms with Crippen LogP contribution in [-0.4, -0.2) is 20.6 Å². The Morgan fingerprint density at radius 2 is 1.94 bits per heavy atom. The number of allylic oxidation sites excluding steroid dienone is 1. The molecule has 33 heavy (non-hydrogen) atoms. The first-order chi connectivity index (χ1) is 16.0. The highest BCUT2D eigenvalue weighted by atomic mass is 16.5. The van der Waals surface area contributed by atoms with E-state index in [-0.39, 0.29) is 5.69 Å². The number of fused-ring (bicyclic) bond motifs is 1. The molecule has 2 aromatic heterocycles. The van der Waals surface area contributed by atoms with Crippen molar-refractivity contribution in [1.82, 2.24) is 9.55 Å². The number of rotatable bonds is 9. The summed E-state index contributed by atoms with van der Waals surface area (Å²) >= 11 is 0. The Balaban J connectivity index is 1.59. The topological polar surface area (TPSA) is 64.3 Å². The molecule has 0 aliphatic carbocycles. The zero-order valence-corrected chi connectivity index (χ0v) is 19.0. The fourth-order valence-electron chi connectivity index (χ4n) is 4.08. The van der Waals surface area contributed by atoms with Gasteiger partial charge in [-0.3, -0.25) is 0 Å². The second kappa shape index (κ2) is 9.74. The van der Waals surface area contributed by atoms with Crippen molar-refractivity contribution in [2.45, 2.75) is 39.8 Å². The predicted octanol–water partition coefficient (Wildman–Crippen LogP) is 6.51. The van der Waals surface area contributed by atoms with Gasteiger partial charge in [-0.2, -0.15) is 0 Å². The molecule has 0 aliphatic rings. The minimum absolute atomic E-state index is 0.0326. The van der Waals surface area contributed by atoms with Crippen LogP contribution in [0.1, 0.15) is 41.9 Å². The molecular weight excluding hydrogens is 412 g/mol. The zero-order valence-electron chi connectivity index (χ0n) is 19.0. The molecule has 0 amide bonds. The minimum Gasteiger partial charge on any atom is -0.489 e. The van der Waals surface area contributed by atoms with Gasteiger partial charge in [-0.15, -0.1) is 0 Å². The van der Waals surface area contributed by atoms with Crippen molar-refractivity contribution in [2.24, 2.45) is 0 Å². The van der Waals surface area contributed by atoms with E-state index in [2.05, 4.69) is 47.4 Å². The van der Waals surface area contributed by atoms with Gasteiger partial charge >= 0.3 is 5.97 Å². The Kier molecular flexibility index (Phi) is 6.59. The molecule has 2 aromatic carbocycles.